The van der Waals surface area contributed by atoms with Crippen molar-refractivity contribution in [1.82, 2.24) is 4.90 Å². The fourth-order valence-electron chi connectivity index (χ4n) is 2.87. The second-order valence-electron chi connectivity index (χ2n) is 5.93. The van der Waals surface area contributed by atoms with E-state index in [4.69, 9.17) is 16.6 Å². The van der Waals surface area contributed by atoms with Crippen molar-refractivity contribution in [1.29, 1.82) is 0 Å². The van der Waals surface area contributed by atoms with Gasteiger partial charge in [-0.05, 0) is 32.0 Å². The van der Waals surface area contributed by atoms with Crippen molar-refractivity contribution in [2.75, 3.05) is 5.75 Å². The lowest BCUT2D eigenvalue weighted by Gasteiger charge is -2.43. The van der Waals surface area contributed by atoms with Crippen LogP contribution in [-0.4, -0.2) is 40.8 Å². The van der Waals surface area contributed by atoms with E-state index < -0.39 is 8.32 Å². The summed E-state index contributed by atoms with van der Waals surface area (Å²) in [6.45, 7) is 12.5. The van der Waals surface area contributed by atoms with Crippen LogP contribution in [0.1, 0.15) is 41.5 Å². The summed E-state index contributed by atoms with van der Waals surface area (Å²) in [5.41, 5.74) is -0.340. The molecular weight excluding hydrogens is 306 g/mol. The molecule has 1 amide bonds. The van der Waals surface area contributed by atoms with Crippen LogP contribution < -0.4 is 0 Å². The minimum atomic E-state index is -1.70. The lowest BCUT2D eigenvalue weighted by molar-refractivity contribution is -0.129. The Morgan fingerprint density at radius 1 is 1.40 bits per heavy atom. The number of rotatable bonds is 6. The maximum Gasteiger partial charge on any atom is 0.225 e. The Labute approximate surface area is 133 Å². The Balaban J connectivity index is 2.98. The van der Waals surface area contributed by atoms with Gasteiger partial charge in [0.05, 0.1) is 11.6 Å². The molecule has 1 fully saturated rings. The van der Waals surface area contributed by atoms with Crippen LogP contribution in [0.4, 0.5) is 0 Å². The molecular formula is C14H27NO2S2Si. The van der Waals surface area contributed by atoms with E-state index in [1.807, 2.05) is 0 Å². The standard InChI is InChI=1S/C14H27NO2S2Si/c1-7-20(8-2,9-3)17-14(5,6)12-10-19-13(18)15(12)11(4)16/h12H,7-10H2,1-6H3/t12-/m0/s1. The van der Waals surface area contributed by atoms with Crippen LogP contribution in [0.3, 0.4) is 0 Å². The minimum absolute atomic E-state index is 0.0263. The first-order valence-electron chi connectivity index (χ1n) is 7.39. The number of nitrogens with zero attached hydrogens (tertiary/aromatic N) is 1. The fourth-order valence-corrected chi connectivity index (χ4v) is 7.76. The van der Waals surface area contributed by atoms with Gasteiger partial charge in [-0.2, -0.15) is 0 Å². The molecule has 0 aromatic carbocycles. The summed E-state index contributed by atoms with van der Waals surface area (Å²) in [5.74, 6) is 0.867. The molecule has 6 heteroatoms. The van der Waals surface area contributed by atoms with Gasteiger partial charge in [-0.3, -0.25) is 9.69 Å². The van der Waals surface area contributed by atoms with E-state index in [2.05, 4.69) is 34.6 Å². The smallest absolute Gasteiger partial charge is 0.225 e. The predicted octanol–water partition coefficient (Wildman–Crippen LogP) is 4.04. The van der Waals surface area contributed by atoms with E-state index >= 15 is 0 Å². The van der Waals surface area contributed by atoms with Gasteiger partial charge in [0.15, 0.2) is 8.32 Å². The zero-order valence-corrected chi connectivity index (χ0v) is 16.1. The van der Waals surface area contributed by atoms with E-state index in [0.717, 1.165) is 23.9 Å². The summed E-state index contributed by atoms with van der Waals surface area (Å²) in [6.07, 6.45) is 0. The highest BCUT2D eigenvalue weighted by Crippen LogP contribution is 2.37. The summed E-state index contributed by atoms with van der Waals surface area (Å²) < 4.78 is 7.35. The van der Waals surface area contributed by atoms with Crippen molar-refractivity contribution >= 4 is 42.5 Å². The van der Waals surface area contributed by atoms with E-state index in [-0.39, 0.29) is 17.6 Å². The van der Waals surface area contributed by atoms with Gasteiger partial charge in [0.2, 0.25) is 5.91 Å². The van der Waals surface area contributed by atoms with Crippen LogP contribution in [0.2, 0.25) is 18.1 Å². The molecule has 0 N–H and O–H groups in total. The van der Waals surface area contributed by atoms with Crippen LogP contribution >= 0.6 is 24.0 Å². The number of amides is 1. The van der Waals surface area contributed by atoms with Crippen LogP contribution in [0.15, 0.2) is 0 Å². The molecule has 0 aromatic heterocycles. The Morgan fingerprint density at radius 3 is 2.30 bits per heavy atom. The van der Waals surface area contributed by atoms with Gasteiger partial charge in [0, 0.05) is 12.7 Å². The molecule has 1 aliphatic rings. The number of hydrogen-bond acceptors (Lipinski definition) is 4. The molecule has 1 heterocycles. The molecule has 1 aliphatic heterocycles. The molecule has 1 saturated heterocycles. The van der Waals surface area contributed by atoms with Gasteiger partial charge < -0.3 is 4.43 Å². The topological polar surface area (TPSA) is 29.5 Å². The average Bonchev–Trinajstić information content (AvgIpc) is 2.79. The largest absolute Gasteiger partial charge is 0.410 e. The lowest BCUT2D eigenvalue weighted by Crippen LogP contribution is -2.56. The first kappa shape index (κ1) is 18.1. The number of hydrogen-bond donors (Lipinski definition) is 0. The quantitative estimate of drug-likeness (QED) is 0.542. The maximum atomic E-state index is 11.9. The Morgan fingerprint density at radius 2 is 1.90 bits per heavy atom. The van der Waals surface area contributed by atoms with E-state index in [9.17, 15) is 4.79 Å². The van der Waals surface area contributed by atoms with Gasteiger partial charge in [-0.25, -0.2) is 0 Å². The first-order chi connectivity index (χ1) is 9.23. The molecule has 1 rings (SSSR count). The zero-order valence-electron chi connectivity index (χ0n) is 13.5. The molecule has 0 unspecified atom stereocenters. The molecule has 116 valence electrons. The lowest BCUT2D eigenvalue weighted by atomic mass is 9.99. The Bertz CT molecular complexity index is 375. The van der Waals surface area contributed by atoms with Gasteiger partial charge >= 0.3 is 0 Å². The molecule has 20 heavy (non-hydrogen) atoms. The van der Waals surface area contributed by atoms with Crippen LogP contribution in [0.25, 0.3) is 0 Å². The highest BCUT2D eigenvalue weighted by atomic mass is 32.2. The van der Waals surface area contributed by atoms with Crippen molar-refractivity contribution in [2.45, 2.75) is 71.3 Å². The highest BCUT2D eigenvalue weighted by Gasteiger charge is 2.46. The molecule has 0 radical (unpaired) electrons. The Hall–Kier alpha value is 0.0869. The average molecular weight is 334 g/mol. The van der Waals surface area contributed by atoms with Gasteiger partial charge in [0.1, 0.15) is 4.32 Å². The number of thioether (sulfide) groups is 1. The van der Waals surface area contributed by atoms with Gasteiger partial charge in [-0.1, -0.05) is 44.8 Å². The summed E-state index contributed by atoms with van der Waals surface area (Å²) in [5, 5.41) is 0. The summed E-state index contributed by atoms with van der Waals surface area (Å²) in [7, 11) is -1.70. The van der Waals surface area contributed by atoms with Gasteiger partial charge in [-0.15, -0.1) is 0 Å². The third kappa shape index (κ3) is 3.64. The SMILES string of the molecule is CC[Si](CC)(CC)OC(C)(C)[C@@H]1CSC(=S)N1C(C)=O. The second-order valence-corrected chi connectivity index (χ2v) is 12.3. The number of carbonyl (C=O) groups excluding carboxylic acids is 1. The third-order valence-electron chi connectivity index (χ3n) is 4.43. The van der Waals surface area contributed by atoms with Crippen molar-refractivity contribution in [2.24, 2.45) is 0 Å². The normalized spacial score (nSPS) is 20.6. The van der Waals surface area contributed by atoms with E-state index in [1.54, 1.807) is 23.6 Å². The van der Waals surface area contributed by atoms with E-state index in [0.29, 0.717) is 4.32 Å². The monoisotopic (exact) mass is 333 g/mol. The van der Waals surface area contributed by atoms with Gasteiger partial charge in [0.25, 0.3) is 0 Å². The van der Waals surface area contributed by atoms with Crippen LogP contribution in [-0.2, 0) is 9.22 Å². The molecule has 0 saturated carbocycles. The molecule has 0 spiro atoms. The Kier molecular flexibility index (Phi) is 6.26. The van der Waals surface area contributed by atoms with Crippen LogP contribution in [0.5, 0.6) is 0 Å². The summed E-state index contributed by atoms with van der Waals surface area (Å²) in [4.78, 5) is 13.6. The maximum absolute atomic E-state index is 11.9. The molecule has 0 aliphatic carbocycles. The molecule has 3 nitrogen and oxygen atoms in total. The molecule has 0 aromatic rings. The van der Waals surface area contributed by atoms with Crippen molar-refractivity contribution in [3.8, 4) is 0 Å². The fraction of sp³-hybridized carbons (Fsp3) is 0.857. The number of thiocarbonyl (C=S) groups is 1. The first-order valence-corrected chi connectivity index (χ1v) is 11.3. The highest BCUT2D eigenvalue weighted by molar-refractivity contribution is 8.23. The van der Waals surface area contributed by atoms with E-state index in [1.165, 1.54) is 0 Å². The summed E-state index contributed by atoms with van der Waals surface area (Å²) >= 11 is 6.90. The predicted molar refractivity (Wildman–Crippen MR) is 93.7 cm³/mol. The minimum Gasteiger partial charge on any atom is -0.410 e. The molecule has 0 bridgehead atoms. The van der Waals surface area contributed by atoms with Crippen molar-refractivity contribution < 1.29 is 9.22 Å². The second kappa shape index (κ2) is 6.90. The third-order valence-corrected chi connectivity index (χ3v) is 10.7. The van der Waals surface area contributed by atoms with Crippen molar-refractivity contribution in [3.63, 3.8) is 0 Å². The van der Waals surface area contributed by atoms with Crippen LogP contribution in [0, 0.1) is 0 Å². The number of carbonyl (C=O) groups is 1. The zero-order chi connectivity index (χ0) is 15.6. The summed E-state index contributed by atoms with van der Waals surface area (Å²) in [6, 6.07) is 3.41. The van der Waals surface area contributed by atoms with Crippen molar-refractivity contribution in [3.05, 3.63) is 0 Å². The molecule has 1 atom stereocenters.